The van der Waals surface area contributed by atoms with E-state index < -0.39 is 12.6 Å². The van der Waals surface area contributed by atoms with E-state index in [2.05, 4.69) is 4.98 Å². The standard InChI is InChI=1S/C24H24N2O6/c1-14-8-19(21(28)13-31-24(29)20-9-17(10-25-20)16(3)27)15(2)26(14)11-18-12-30-22-6-4-5-7-23(22)32-18/h4-10,18,25H,11-13H2,1-3H3. The number of Topliss-reactive ketones (excluding diaryl/α,β-unsaturated/α-hetero) is 2. The SMILES string of the molecule is CC(=O)c1c[nH]c(C(=O)OCC(=O)c2cc(C)n(CC3COc4ccccc4O3)c2C)c1. The number of hydrogen-bond donors (Lipinski definition) is 1. The Morgan fingerprint density at radius 2 is 1.91 bits per heavy atom. The fourth-order valence-electron chi connectivity index (χ4n) is 3.72. The van der Waals surface area contributed by atoms with E-state index in [9.17, 15) is 14.4 Å². The molecule has 2 aromatic heterocycles. The van der Waals surface area contributed by atoms with Gasteiger partial charge in [-0.25, -0.2) is 4.79 Å². The third-order valence-corrected chi connectivity index (χ3v) is 5.47. The van der Waals surface area contributed by atoms with Crippen LogP contribution in [0.25, 0.3) is 0 Å². The molecule has 8 nitrogen and oxygen atoms in total. The monoisotopic (exact) mass is 436 g/mol. The minimum atomic E-state index is -0.689. The molecule has 4 rings (SSSR count). The van der Waals surface area contributed by atoms with E-state index in [0.717, 1.165) is 17.1 Å². The number of aryl methyl sites for hydroxylation is 1. The summed E-state index contributed by atoms with van der Waals surface area (Å²) in [4.78, 5) is 39.0. The van der Waals surface area contributed by atoms with Gasteiger partial charge in [0, 0.05) is 28.7 Å². The number of fused-ring (bicyclic) bond motifs is 1. The van der Waals surface area contributed by atoms with Gasteiger partial charge in [0.2, 0.25) is 5.78 Å². The van der Waals surface area contributed by atoms with Crippen LogP contribution in [-0.4, -0.2) is 46.4 Å². The van der Waals surface area contributed by atoms with Gasteiger partial charge in [-0.05, 0) is 45.0 Å². The van der Waals surface area contributed by atoms with Gasteiger partial charge in [0.1, 0.15) is 12.3 Å². The van der Waals surface area contributed by atoms with Crippen LogP contribution >= 0.6 is 0 Å². The van der Waals surface area contributed by atoms with Crippen molar-refractivity contribution in [1.82, 2.24) is 9.55 Å². The number of esters is 1. The van der Waals surface area contributed by atoms with Crippen molar-refractivity contribution in [2.24, 2.45) is 0 Å². The van der Waals surface area contributed by atoms with E-state index in [1.165, 1.54) is 19.2 Å². The van der Waals surface area contributed by atoms with Crippen molar-refractivity contribution in [2.45, 2.75) is 33.4 Å². The van der Waals surface area contributed by atoms with E-state index >= 15 is 0 Å². The summed E-state index contributed by atoms with van der Waals surface area (Å²) in [5.41, 5.74) is 2.66. The summed E-state index contributed by atoms with van der Waals surface area (Å²) in [5, 5.41) is 0. The lowest BCUT2D eigenvalue weighted by molar-refractivity contribution is 0.0469. The molecule has 32 heavy (non-hydrogen) atoms. The van der Waals surface area contributed by atoms with Crippen LogP contribution in [0.3, 0.4) is 0 Å². The minimum absolute atomic E-state index is 0.128. The van der Waals surface area contributed by atoms with Gasteiger partial charge in [-0.15, -0.1) is 0 Å². The van der Waals surface area contributed by atoms with Gasteiger partial charge < -0.3 is 23.8 Å². The number of ketones is 2. The first-order valence-electron chi connectivity index (χ1n) is 10.3. The number of aromatic nitrogens is 2. The molecule has 1 aliphatic rings. The van der Waals surface area contributed by atoms with Crippen molar-refractivity contribution in [3.05, 3.63) is 70.8 Å². The van der Waals surface area contributed by atoms with Crippen LogP contribution in [0.4, 0.5) is 0 Å². The Bertz CT molecular complexity index is 1190. The van der Waals surface area contributed by atoms with Crippen molar-refractivity contribution in [1.29, 1.82) is 0 Å². The number of H-pyrrole nitrogens is 1. The molecular weight excluding hydrogens is 412 g/mol. The summed E-state index contributed by atoms with van der Waals surface area (Å²) in [5.74, 6) is 0.263. The molecule has 0 spiro atoms. The van der Waals surface area contributed by atoms with Gasteiger partial charge in [0.15, 0.2) is 30.0 Å². The fourth-order valence-corrected chi connectivity index (χ4v) is 3.72. The molecule has 0 fully saturated rings. The molecule has 0 radical (unpaired) electrons. The number of para-hydroxylation sites is 2. The first-order valence-corrected chi connectivity index (χ1v) is 10.3. The summed E-state index contributed by atoms with van der Waals surface area (Å²) in [6, 6.07) is 10.7. The number of aromatic amines is 1. The molecule has 3 heterocycles. The van der Waals surface area contributed by atoms with Crippen molar-refractivity contribution in [3.63, 3.8) is 0 Å². The molecule has 1 aromatic carbocycles. The summed E-state index contributed by atoms with van der Waals surface area (Å²) in [7, 11) is 0. The maximum Gasteiger partial charge on any atom is 0.355 e. The van der Waals surface area contributed by atoms with Crippen molar-refractivity contribution in [2.75, 3.05) is 13.2 Å². The molecular formula is C24H24N2O6. The quantitative estimate of drug-likeness (QED) is 0.449. The second kappa shape index (κ2) is 8.74. The predicted molar refractivity (Wildman–Crippen MR) is 116 cm³/mol. The van der Waals surface area contributed by atoms with E-state index in [4.69, 9.17) is 14.2 Å². The topological polar surface area (TPSA) is 99.6 Å². The molecule has 1 aliphatic heterocycles. The normalized spacial score (nSPS) is 14.8. The summed E-state index contributed by atoms with van der Waals surface area (Å²) < 4.78 is 19.0. The van der Waals surface area contributed by atoms with Crippen LogP contribution in [0, 0.1) is 13.8 Å². The molecule has 1 N–H and O–H groups in total. The fraction of sp³-hybridized carbons (Fsp3) is 0.292. The Labute approximate surface area is 185 Å². The molecule has 1 atom stereocenters. The Kier molecular flexibility index (Phi) is 5.85. The van der Waals surface area contributed by atoms with Crippen LogP contribution in [-0.2, 0) is 11.3 Å². The highest BCUT2D eigenvalue weighted by atomic mass is 16.6. The lowest BCUT2D eigenvalue weighted by Crippen LogP contribution is -2.33. The molecule has 8 heteroatoms. The molecule has 0 amide bonds. The zero-order valence-corrected chi connectivity index (χ0v) is 18.1. The van der Waals surface area contributed by atoms with Gasteiger partial charge in [0.05, 0.1) is 6.54 Å². The number of carbonyl (C=O) groups excluding carboxylic acids is 3. The van der Waals surface area contributed by atoms with Crippen LogP contribution in [0.2, 0.25) is 0 Å². The minimum Gasteiger partial charge on any atom is -0.486 e. The first kappa shape index (κ1) is 21.4. The van der Waals surface area contributed by atoms with E-state index in [1.807, 2.05) is 42.7 Å². The molecule has 0 saturated heterocycles. The lowest BCUT2D eigenvalue weighted by Gasteiger charge is -2.27. The maximum absolute atomic E-state index is 12.7. The third kappa shape index (κ3) is 4.30. The Hall–Kier alpha value is -3.81. The largest absolute Gasteiger partial charge is 0.486 e. The number of benzene rings is 1. The highest BCUT2D eigenvalue weighted by Gasteiger charge is 2.24. The summed E-state index contributed by atoms with van der Waals surface area (Å²) in [6.07, 6.45) is 1.24. The predicted octanol–water partition coefficient (Wildman–Crippen LogP) is 3.52. The number of carbonyl (C=O) groups is 3. The van der Waals surface area contributed by atoms with Crippen LogP contribution < -0.4 is 9.47 Å². The van der Waals surface area contributed by atoms with Crippen molar-refractivity contribution in [3.8, 4) is 11.5 Å². The number of nitrogens with zero attached hydrogens (tertiary/aromatic N) is 1. The van der Waals surface area contributed by atoms with Gasteiger partial charge in [-0.3, -0.25) is 9.59 Å². The highest BCUT2D eigenvalue weighted by molar-refractivity contribution is 6.01. The second-order valence-corrected chi connectivity index (χ2v) is 7.75. The Morgan fingerprint density at radius 3 is 2.62 bits per heavy atom. The van der Waals surface area contributed by atoms with Gasteiger partial charge in [-0.1, -0.05) is 12.1 Å². The number of hydrogen-bond acceptors (Lipinski definition) is 6. The third-order valence-electron chi connectivity index (χ3n) is 5.47. The average Bonchev–Trinajstić information content (AvgIpc) is 3.38. The molecule has 3 aromatic rings. The van der Waals surface area contributed by atoms with Crippen molar-refractivity contribution >= 4 is 17.5 Å². The number of nitrogens with one attached hydrogen (secondary N) is 1. The van der Waals surface area contributed by atoms with E-state index in [-0.39, 0.29) is 23.4 Å². The average molecular weight is 436 g/mol. The molecule has 166 valence electrons. The zero-order chi connectivity index (χ0) is 22.8. The van der Waals surface area contributed by atoms with Crippen LogP contribution in [0.15, 0.2) is 42.6 Å². The first-order chi connectivity index (χ1) is 15.3. The molecule has 0 aliphatic carbocycles. The number of rotatable bonds is 7. The second-order valence-electron chi connectivity index (χ2n) is 7.75. The van der Waals surface area contributed by atoms with Gasteiger partial charge >= 0.3 is 5.97 Å². The maximum atomic E-state index is 12.7. The van der Waals surface area contributed by atoms with Crippen LogP contribution in [0.1, 0.15) is 49.5 Å². The number of ether oxygens (including phenoxy) is 3. The van der Waals surface area contributed by atoms with Crippen LogP contribution in [0.5, 0.6) is 11.5 Å². The molecule has 1 unspecified atom stereocenters. The molecule has 0 bridgehead atoms. The Morgan fingerprint density at radius 1 is 1.16 bits per heavy atom. The lowest BCUT2D eigenvalue weighted by atomic mass is 10.1. The van der Waals surface area contributed by atoms with E-state index in [0.29, 0.717) is 30.0 Å². The van der Waals surface area contributed by atoms with E-state index in [1.54, 1.807) is 6.07 Å². The zero-order valence-electron chi connectivity index (χ0n) is 18.1. The Balaban J connectivity index is 1.40. The van der Waals surface area contributed by atoms with Gasteiger partial charge in [-0.2, -0.15) is 0 Å². The summed E-state index contributed by atoms with van der Waals surface area (Å²) >= 11 is 0. The summed E-state index contributed by atoms with van der Waals surface area (Å²) in [6.45, 7) is 5.71. The highest BCUT2D eigenvalue weighted by Crippen LogP contribution is 2.31. The van der Waals surface area contributed by atoms with Gasteiger partial charge in [0.25, 0.3) is 0 Å². The van der Waals surface area contributed by atoms with Crippen molar-refractivity contribution < 1.29 is 28.6 Å². The molecule has 0 saturated carbocycles. The smallest absolute Gasteiger partial charge is 0.355 e.